The Morgan fingerprint density at radius 2 is 2.23 bits per heavy atom. The first kappa shape index (κ1) is 19.0. The van der Waals surface area contributed by atoms with Gasteiger partial charge in [-0.3, -0.25) is 4.99 Å². The van der Waals surface area contributed by atoms with Crippen LogP contribution in [0.15, 0.2) is 29.3 Å². The molecule has 0 radical (unpaired) electrons. The first-order valence-corrected chi connectivity index (χ1v) is 9.57. The number of nitrogens with one attached hydrogen (secondary N) is 1. The summed E-state index contributed by atoms with van der Waals surface area (Å²) in [5, 5.41) is 3.42. The van der Waals surface area contributed by atoms with Gasteiger partial charge in [0.1, 0.15) is 5.75 Å². The van der Waals surface area contributed by atoms with Gasteiger partial charge in [0.05, 0.1) is 33.5 Å². The van der Waals surface area contributed by atoms with Crippen LogP contribution in [0.5, 0.6) is 5.75 Å². The van der Waals surface area contributed by atoms with Gasteiger partial charge in [-0.1, -0.05) is 18.2 Å². The van der Waals surface area contributed by atoms with Crippen LogP contribution in [0.3, 0.4) is 0 Å². The first-order valence-electron chi connectivity index (χ1n) is 9.57. The van der Waals surface area contributed by atoms with Crippen LogP contribution in [0.2, 0.25) is 0 Å². The summed E-state index contributed by atoms with van der Waals surface area (Å²) in [5.41, 5.74) is 1.41. The molecule has 1 spiro atoms. The number of aliphatic imine (C=N–C) groups is 1. The molecular formula is C20H31N3O3. The van der Waals surface area contributed by atoms with Crippen LogP contribution >= 0.6 is 0 Å². The highest BCUT2D eigenvalue weighted by Crippen LogP contribution is 2.38. The summed E-state index contributed by atoms with van der Waals surface area (Å²) >= 11 is 0. The molecule has 1 aromatic carbocycles. The fourth-order valence-corrected chi connectivity index (χ4v) is 3.73. The standard InChI is InChI=1S/C20H31N3O3/c1-3-21-19(23-11-8-20(15-23)9-12-26-16-20)22-10-13-25-14-17-6-4-5-7-18(17)24-2/h4-7H,3,8-16H2,1-2H3,(H,21,22). The van der Waals surface area contributed by atoms with E-state index in [1.807, 2.05) is 24.3 Å². The van der Waals surface area contributed by atoms with Gasteiger partial charge in [0.2, 0.25) is 0 Å². The molecule has 0 aromatic heterocycles. The molecule has 3 rings (SSSR count). The molecule has 1 aromatic rings. The Hall–Kier alpha value is -1.79. The van der Waals surface area contributed by atoms with Crippen LogP contribution in [-0.4, -0.2) is 64.0 Å². The number of ether oxygens (including phenoxy) is 3. The number of benzene rings is 1. The first-order chi connectivity index (χ1) is 12.8. The number of hydrogen-bond acceptors (Lipinski definition) is 4. The van der Waals surface area contributed by atoms with E-state index in [4.69, 9.17) is 19.2 Å². The van der Waals surface area contributed by atoms with Crippen molar-refractivity contribution in [3.05, 3.63) is 29.8 Å². The predicted octanol–water partition coefficient (Wildman–Crippen LogP) is 2.29. The zero-order valence-electron chi connectivity index (χ0n) is 16.0. The molecule has 2 saturated heterocycles. The zero-order valence-corrected chi connectivity index (χ0v) is 16.0. The summed E-state index contributed by atoms with van der Waals surface area (Å²) in [5.74, 6) is 1.86. The molecule has 0 bridgehead atoms. The zero-order chi connectivity index (χ0) is 18.2. The van der Waals surface area contributed by atoms with Crippen molar-refractivity contribution in [2.75, 3.05) is 53.1 Å². The van der Waals surface area contributed by atoms with Gasteiger partial charge in [0, 0.05) is 37.2 Å². The minimum absolute atomic E-state index is 0.344. The number of likely N-dealkylation sites (tertiary alicyclic amines) is 1. The summed E-state index contributed by atoms with van der Waals surface area (Å²) in [7, 11) is 1.68. The van der Waals surface area contributed by atoms with E-state index in [1.165, 1.54) is 12.8 Å². The Kier molecular flexibility index (Phi) is 6.74. The molecule has 1 N–H and O–H groups in total. The minimum Gasteiger partial charge on any atom is -0.496 e. The van der Waals surface area contributed by atoms with Gasteiger partial charge in [-0.15, -0.1) is 0 Å². The maximum absolute atomic E-state index is 5.79. The molecule has 26 heavy (non-hydrogen) atoms. The fraction of sp³-hybridized carbons (Fsp3) is 0.650. The summed E-state index contributed by atoms with van der Waals surface area (Å²) in [6.45, 7) is 8.66. The van der Waals surface area contributed by atoms with E-state index in [0.717, 1.165) is 50.1 Å². The number of hydrogen-bond donors (Lipinski definition) is 1. The van der Waals surface area contributed by atoms with Crippen LogP contribution in [0.1, 0.15) is 25.3 Å². The normalized spacial score (nSPS) is 23.0. The SMILES string of the molecule is CCNC(=NCCOCc1ccccc1OC)N1CCC2(CCOC2)C1. The Morgan fingerprint density at radius 1 is 1.35 bits per heavy atom. The van der Waals surface area contributed by atoms with Gasteiger partial charge in [0.15, 0.2) is 5.96 Å². The lowest BCUT2D eigenvalue weighted by Gasteiger charge is -2.25. The van der Waals surface area contributed by atoms with Crippen LogP contribution in [0, 0.1) is 5.41 Å². The van der Waals surface area contributed by atoms with Gasteiger partial charge in [-0.2, -0.15) is 0 Å². The molecular weight excluding hydrogens is 330 g/mol. The van der Waals surface area contributed by atoms with E-state index in [9.17, 15) is 0 Å². The van der Waals surface area contributed by atoms with Crippen molar-refractivity contribution >= 4 is 5.96 Å². The third-order valence-electron chi connectivity index (χ3n) is 5.21. The Morgan fingerprint density at radius 3 is 3.00 bits per heavy atom. The van der Waals surface area contributed by atoms with Crippen molar-refractivity contribution in [3.8, 4) is 5.75 Å². The van der Waals surface area contributed by atoms with Gasteiger partial charge in [0.25, 0.3) is 0 Å². The molecule has 144 valence electrons. The lowest BCUT2D eigenvalue weighted by Crippen LogP contribution is -2.41. The van der Waals surface area contributed by atoms with E-state index in [2.05, 4.69) is 17.1 Å². The maximum Gasteiger partial charge on any atom is 0.194 e. The van der Waals surface area contributed by atoms with Crippen LogP contribution in [0.4, 0.5) is 0 Å². The van der Waals surface area contributed by atoms with Crippen molar-refractivity contribution in [2.24, 2.45) is 10.4 Å². The van der Waals surface area contributed by atoms with Gasteiger partial charge in [-0.25, -0.2) is 0 Å². The second-order valence-electron chi connectivity index (χ2n) is 7.07. The lowest BCUT2D eigenvalue weighted by atomic mass is 9.87. The molecule has 0 saturated carbocycles. The number of guanidine groups is 1. The number of para-hydroxylation sites is 1. The predicted molar refractivity (Wildman–Crippen MR) is 103 cm³/mol. The average molecular weight is 361 g/mol. The van der Waals surface area contributed by atoms with Gasteiger partial charge >= 0.3 is 0 Å². The Labute approximate surface area is 156 Å². The third kappa shape index (κ3) is 4.68. The molecule has 2 fully saturated rings. The summed E-state index contributed by atoms with van der Waals surface area (Å²) < 4.78 is 16.8. The minimum atomic E-state index is 0.344. The van der Waals surface area contributed by atoms with E-state index in [0.29, 0.717) is 25.2 Å². The maximum atomic E-state index is 5.79. The number of methoxy groups -OCH3 is 1. The fourth-order valence-electron chi connectivity index (χ4n) is 3.73. The van der Waals surface area contributed by atoms with Crippen LogP contribution in [-0.2, 0) is 16.1 Å². The topological polar surface area (TPSA) is 55.3 Å². The molecule has 0 amide bonds. The highest BCUT2D eigenvalue weighted by Gasteiger charge is 2.42. The molecule has 6 nitrogen and oxygen atoms in total. The highest BCUT2D eigenvalue weighted by atomic mass is 16.5. The van der Waals surface area contributed by atoms with E-state index in [1.54, 1.807) is 7.11 Å². The summed E-state index contributed by atoms with van der Waals surface area (Å²) in [6, 6.07) is 7.95. The number of rotatable bonds is 7. The monoisotopic (exact) mass is 361 g/mol. The van der Waals surface area contributed by atoms with Crippen molar-refractivity contribution in [2.45, 2.75) is 26.4 Å². The molecule has 1 unspecified atom stereocenters. The average Bonchev–Trinajstić information content (AvgIpc) is 3.31. The molecule has 6 heteroatoms. The van der Waals surface area contributed by atoms with Crippen molar-refractivity contribution in [1.29, 1.82) is 0 Å². The second kappa shape index (κ2) is 9.24. The molecule has 0 aliphatic carbocycles. The van der Waals surface area contributed by atoms with Crippen molar-refractivity contribution in [3.63, 3.8) is 0 Å². The second-order valence-corrected chi connectivity index (χ2v) is 7.07. The van der Waals surface area contributed by atoms with Gasteiger partial charge in [-0.05, 0) is 25.8 Å². The van der Waals surface area contributed by atoms with E-state index in [-0.39, 0.29) is 0 Å². The largest absolute Gasteiger partial charge is 0.496 e. The van der Waals surface area contributed by atoms with Crippen LogP contribution < -0.4 is 10.1 Å². The van der Waals surface area contributed by atoms with Gasteiger partial charge < -0.3 is 24.4 Å². The van der Waals surface area contributed by atoms with Crippen LogP contribution in [0.25, 0.3) is 0 Å². The van der Waals surface area contributed by atoms with E-state index < -0.39 is 0 Å². The highest BCUT2D eigenvalue weighted by molar-refractivity contribution is 5.80. The Balaban J connectivity index is 1.47. The summed E-state index contributed by atoms with van der Waals surface area (Å²) in [4.78, 5) is 7.13. The molecule has 2 aliphatic heterocycles. The number of nitrogens with zero attached hydrogens (tertiary/aromatic N) is 2. The molecule has 2 aliphatic rings. The Bertz CT molecular complexity index is 600. The smallest absolute Gasteiger partial charge is 0.194 e. The lowest BCUT2D eigenvalue weighted by molar-refractivity contribution is 0.126. The molecule has 2 heterocycles. The summed E-state index contributed by atoms with van der Waals surface area (Å²) in [6.07, 6.45) is 2.37. The quantitative estimate of drug-likeness (QED) is 0.459. The molecule has 1 atom stereocenters. The van der Waals surface area contributed by atoms with Crippen molar-refractivity contribution < 1.29 is 14.2 Å². The third-order valence-corrected chi connectivity index (χ3v) is 5.21. The van der Waals surface area contributed by atoms with E-state index >= 15 is 0 Å². The van der Waals surface area contributed by atoms with Crippen molar-refractivity contribution in [1.82, 2.24) is 10.2 Å².